The van der Waals surface area contributed by atoms with E-state index >= 15 is 0 Å². The highest BCUT2D eigenvalue weighted by Crippen LogP contribution is 2.61. The van der Waals surface area contributed by atoms with E-state index in [4.69, 9.17) is 0 Å². The number of nitrogens with zero attached hydrogens (tertiary/aromatic N) is 3. The van der Waals surface area contributed by atoms with Gasteiger partial charge < -0.3 is 14.7 Å². The van der Waals surface area contributed by atoms with Crippen LogP contribution in [0.3, 0.4) is 0 Å². The van der Waals surface area contributed by atoms with Gasteiger partial charge >= 0.3 is 0 Å². The van der Waals surface area contributed by atoms with Crippen molar-refractivity contribution in [2.24, 2.45) is 0 Å². The molecular weight excluding hydrogens is 794 g/mol. The van der Waals surface area contributed by atoms with Crippen molar-refractivity contribution in [2.75, 3.05) is 14.7 Å². The second-order valence-corrected chi connectivity index (χ2v) is 22.9. The van der Waals surface area contributed by atoms with Gasteiger partial charge in [0.05, 0.1) is 11.2 Å². The van der Waals surface area contributed by atoms with Crippen molar-refractivity contribution in [1.82, 2.24) is 0 Å². The Morgan fingerprint density at radius 2 is 1.19 bits per heavy atom. The predicted octanol–water partition coefficient (Wildman–Crippen LogP) is 14.8. The molecule has 7 aromatic carbocycles. The average molecular weight is 852 g/mol. The third-order valence-corrected chi connectivity index (χ3v) is 17.1. The van der Waals surface area contributed by atoms with Crippen LogP contribution < -0.4 is 31.1 Å². The largest absolute Gasteiger partial charge is 0.334 e. The first kappa shape index (κ1) is 39.8. The van der Waals surface area contributed by atoms with Crippen LogP contribution in [0.1, 0.15) is 103 Å². The van der Waals surface area contributed by atoms with Gasteiger partial charge in [-0.15, -0.1) is 11.3 Å². The topological polar surface area (TPSA) is 9.72 Å². The number of benzene rings is 7. The smallest absolute Gasteiger partial charge is 0.252 e. The molecule has 1 fully saturated rings. The van der Waals surface area contributed by atoms with E-state index in [1.807, 2.05) is 11.3 Å². The molecule has 2 atom stereocenters. The molecule has 4 heterocycles. The van der Waals surface area contributed by atoms with Crippen molar-refractivity contribution < 1.29 is 0 Å². The first-order valence-electron chi connectivity index (χ1n) is 23.6. The lowest BCUT2D eigenvalue weighted by atomic mass is 9.33. The maximum atomic E-state index is 2.76. The average Bonchev–Trinajstić information content (AvgIpc) is 3.75. The number of aryl methyl sites for hydroxylation is 1. The summed E-state index contributed by atoms with van der Waals surface area (Å²) in [5.74, 6) is 0. The number of thiophene rings is 1. The Morgan fingerprint density at radius 1 is 0.531 bits per heavy atom. The number of hydrogen-bond acceptors (Lipinski definition) is 4. The summed E-state index contributed by atoms with van der Waals surface area (Å²) in [4.78, 5) is 8.00. The summed E-state index contributed by atoms with van der Waals surface area (Å²) < 4.78 is 2.64. The van der Waals surface area contributed by atoms with Crippen LogP contribution in [0, 0.1) is 6.92 Å². The number of anilines is 8. The number of hydrogen-bond donors (Lipinski definition) is 0. The highest BCUT2D eigenvalue weighted by molar-refractivity contribution is 7.26. The van der Waals surface area contributed by atoms with Gasteiger partial charge in [0.1, 0.15) is 0 Å². The summed E-state index contributed by atoms with van der Waals surface area (Å²) in [5.41, 5.74) is 19.8. The van der Waals surface area contributed by atoms with E-state index in [1.54, 1.807) is 0 Å². The molecule has 4 aliphatic rings. The summed E-state index contributed by atoms with van der Waals surface area (Å²) in [6.45, 7) is 21.4. The Bertz CT molecular complexity index is 3220. The lowest BCUT2D eigenvalue weighted by Gasteiger charge is -2.50. The van der Waals surface area contributed by atoms with Gasteiger partial charge in [-0.25, -0.2) is 0 Å². The lowest BCUT2D eigenvalue weighted by Crippen LogP contribution is -2.61. The Hall–Kier alpha value is -5.78. The van der Waals surface area contributed by atoms with Crippen LogP contribution in [0.25, 0.3) is 20.2 Å². The minimum absolute atomic E-state index is 0.0150. The van der Waals surface area contributed by atoms with Crippen LogP contribution in [-0.2, 0) is 16.2 Å². The zero-order valence-electron chi connectivity index (χ0n) is 38.9. The zero-order valence-corrected chi connectivity index (χ0v) is 39.8. The first-order valence-corrected chi connectivity index (χ1v) is 24.4. The summed E-state index contributed by atoms with van der Waals surface area (Å²) >= 11 is 1.90. The lowest BCUT2D eigenvalue weighted by molar-refractivity contribution is 0.195. The van der Waals surface area contributed by atoms with Crippen molar-refractivity contribution in [3.8, 4) is 0 Å². The van der Waals surface area contributed by atoms with Crippen molar-refractivity contribution in [1.29, 1.82) is 0 Å². The molecule has 0 amide bonds. The van der Waals surface area contributed by atoms with Crippen LogP contribution in [0.4, 0.5) is 45.5 Å². The molecule has 0 spiro atoms. The van der Waals surface area contributed by atoms with E-state index in [-0.39, 0.29) is 28.5 Å². The zero-order chi connectivity index (χ0) is 44.1. The van der Waals surface area contributed by atoms with E-state index in [0.29, 0.717) is 0 Å². The third-order valence-electron chi connectivity index (χ3n) is 15.9. The molecule has 1 aliphatic carbocycles. The van der Waals surface area contributed by atoms with Crippen LogP contribution in [-0.4, -0.2) is 12.3 Å². The van der Waals surface area contributed by atoms with E-state index in [2.05, 4.69) is 217 Å². The molecule has 1 aromatic heterocycles. The van der Waals surface area contributed by atoms with Crippen LogP contribution in [0.5, 0.6) is 0 Å². The summed E-state index contributed by atoms with van der Waals surface area (Å²) in [5, 5.41) is 2.64. The highest BCUT2D eigenvalue weighted by Gasteiger charge is 2.58. The number of para-hydroxylation sites is 1. The van der Waals surface area contributed by atoms with Gasteiger partial charge in [-0.05, 0) is 143 Å². The Labute approximate surface area is 384 Å². The minimum Gasteiger partial charge on any atom is -0.334 e. The van der Waals surface area contributed by atoms with Crippen LogP contribution in [0.15, 0.2) is 140 Å². The molecule has 0 saturated heterocycles. The second kappa shape index (κ2) is 13.6. The fraction of sp³-hybridized carbons (Fsp3) is 0.288. The Morgan fingerprint density at radius 3 is 1.97 bits per heavy atom. The molecule has 1 saturated carbocycles. The van der Waals surface area contributed by atoms with E-state index in [1.165, 1.54) is 130 Å². The maximum absolute atomic E-state index is 2.76. The van der Waals surface area contributed by atoms with Crippen molar-refractivity contribution >= 4 is 100 Å². The predicted molar refractivity (Wildman–Crippen MR) is 278 cm³/mol. The fourth-order valence-electron chi connectivity index (χ4n) is 12.4. The summed E-state index contributed by atoms with van der Waals surface area (Å²) in [6.07, 6.45) is 4.91. The molecule has 8 aromatic rings. The van der Waals surface area contributed by atoms with Gasteiger partial charge in [0.15, 0.2) is 0 Å². The molecule has 5 heteroatoms. The van der Waals surface area contributed by atoms with Gasteiger partial charge in [0, 0.05) is 65.4 Å². The van der Waals surface area contributed by atoms with Crippen molar-refractivity contribution in [3.63, 3.8) is 0 Å². The normalized spacial score (nSPS) is 20.0. The van der Waals surface area contributed by atoms with E-state index in [0.717, 1.165) is 0 Å². The van der Waals surface area contributed by atoms with Crippen molar-refractivity contribution in [3.05, 3.63) is 162 Å². The Kier molecular flexibility index (Phi) is 8.47. The van der Waals surface area contributed by atoms with E-state index < -0.39 is 0 Å². The SMILES string of the molecule is Cc1cc2c3c(c1)N(c1cccc4sc5ccccc5c14)c1cc(N4c5ccccc5C5(C)CCCCC45C)ccc1B3c1cc(C(C)(C)C)ccc1N2c1ccc(C(C)(C)C)cc1. The molecular formula is C59H58BN3S. The van der Waals surface area contributed by atoms with E-state index in [9.17, 15) is 0 Å². The van der Waals surface area contributed by atoms with Crippen LogP contribution >= 0.6 is 11.3 Å². The molecule has 3 aliphatic heterocycles. The molecule has 0 bridgehead atoms. The van der Waals surface area contributed by atoms with Gasteiger partial charge in [-0.2, -0.15) is 0 Å². The summed E-state index contributed by atoms with van der Waals surface area (Å²) in [6, 6.07) is 54.5. The molecule has 64 heavy (non-hydrogen) atoms. The Balaban J connectivity index is 1.17. The van der Waals surface area contributed by atoms with Gasteiger partial charge in [-0.1, -0.05) is 134 Å². The first-order chi connectivity index (χ1) is 30.7. The fourth-order valence-corrected chi connectivity index (χ4v) is 13.5. The molecule has 2 unspecified atom stereocenters. The molecule has 3 nitrogen and oxygen atoms in total. The third kappa shape index (κ3) is 5.52. The summed E-state index contributed by atoms with van der Waals surface area (Å²) in [7, 11) is 0. The van der Waals surface area contributed by atoms with Gasteiger partial charge in [0.25, 0.3) is 6.71 Å². The molecule has 0 radical (unpaired) electrons. The number of fused-ring (bicyclic) bond motifs is 10. The molecule has 0 N–H and O–H groups in total. The second-order valence-electron chi connectivity index (χ2n) is 21.8. The minimum atomic E-state index is -0.0456. The van der Waals surface area contributed by atoms with Crippen molar-refractivity contribution in [2.45, 2.75) is 110 Å². The highest BCUT2D eigenvalue weighted by atomic mass is 32.1. The number of rotatable bonds is 3. The standard InChI is InChI=1S/C59H58BN3S/c1-37-33-50-55-51(34-37)62(48-20-16-22-53-54(48)42-17-10-13-21-52(42)64-53)49-36-41(63-46-19-12-11-18-43(46)58(8)31-14-15-32-59(58,63)9)28-29-44(49)60(55)45-35-39(57(5,6)7)25-30-47(45)61(50)40-26-23-38(24-27-40)56(2,3)4/h10-13,16-30,33-36H,14-15,31-32H2,1-9H3. The monoisotopic (exact) mass is 851 g/mol. The molecule has 318 valence electrons. The van der Waals surface area contributed by atoms with Gasteiger partial charge in [0.2, 0.25) is 0 Å². The molecule has 12 rings (SSSR count). The maximum Gasteiger partial charge on any atom is 0.252 e. The van der Waals surface area contributed by atoms with Crippen LogP contribution in [0.2, 0.25) is 0 Å². The quantitative estimate of drug-likeness (QED) is 0.164. The van der Waals surface area contributed by atoms with Gasteiger partial charge in [-0.3, -0.25) is 0 Å².